The van der Waals surface area contributed by atoms with Gasteiger partial charge in [-0.1, -0.05) is 19.9 Å². The second-order valence-electron chi connectivity index (χ2n) is 5.64. The molecule has 1 fully saturated rings. The molecule has 1 heterocycles. The van der Waals surface area contributed by atoms with Gasteiger partial charge in [0.15, 0.2) is 0 Å². The average molecular weight is 277 g/mol. The quantitative estimate of drug-likeness (QED) is 0.867. The summed E-state index contributed by atoms with van der Waals surface area (Å²) in [5.74, 6) is 0.309. The van der Waals surface area contributed by atoms with E-state index < -0.39 is 0 Å². The van der Waals surface area contributed by atoms with E-state index in [1.165, 1.54) is 6.42 Å². The second-order valence-corrected chi connectivity index (χ2v) is 5.64. The highest BCUT2D eigenvalue weighted by atomic mass is 16.3. The van der Waals surface area contributed by atoms with E-state index in [4.69, 9.17) is 5.73 Å². The maximum absolute atomic E-state index is 10.1. The molecule has 0 amide bonds. The number of phenolic OH excluding ortho intramolecular Hbond substituents is 1. The van der Waals surface area contributed by atoms with Gasteiger partial charge >= 0.3 is 0 Å². The van der Waals surface area contributed by atoms with E-state index in [2.05, 4.69) is 29.7 Å². The summed E-state index contributed by atoms with van der Waals surface area (Å²) in [6.45, 7) is 10.6. The predicted molar refractivity (Wildman–Crippen MR) is 84.2 cm³/mol. The summed E-state index contributed by atoms with van der Waals surface area (Å²) >= 11 is 0. The number of likely N-dealkylation sites (N-methyl/N-ethyl adjacent to an activating group) is 1. The molecular weight excluding hydrogens is 250 g/mol. The Hall–Kier alpha value is -1.26. The topological polar surface area (TPSA) is 52.7 Å². The molecule has 1 aliphatic heterocycles. The lowest BCUT2D eigenvalue weighted by Gasteiger charge is -2.27. The van der Waals surface area contributed by atoms with Crippen LogP contribution in [0.2, 0.25) is 0 Å². The molecule has 112 valence electrons. The lowest BCUT2D eigenvalue weighted by Crippen LogP contribution is -2.37. The van der Waals surface area contributed by atoms with Gasteiger partial charge < -0.3 is 15.7 Å². The Balaban J connectivity index is 2.08. The van der Waals surface area contributed by atoms with Crippen LogP contribution >= 0.6 is 0 Å². The van der Waals surface area contributed by atoms with Crippen molar-refractivity contribution in [2.45, 2.75) is 39.3 Å². The Labute approximate surface area is 122 Å². The van der Waals surface area contributed by atoms with Crippen LogP contribution in [0.15, 0.2) is 18.2 Å². The maximum atomic E-state index is 10.1. The Morgan fingerprint density at radius 2 is 2.10 bits per heavy atom. The molecule has 4 nitrogen and oxygen atoms in total. The van der Waals surface area contributed by atoms with Crippen molar-refractivity contribution in [1.82, 2.24) is 4.90 Å². The number of hydrogen-bond donors (Lipinski definition) is 2. The van der Waals surface area contributed by atoms with E-state index in [-0.39, 0.29) is 6.04 Å². The van der Waals surface area contributed by atoms with Gasteiger partial charge in [0.05, 0.1) is 0 Å². The summed E-state index contributed by atoms with van der Waals surface area (Å²) in [7, 11) is 0. The molecule has 3 N–H and O–H groups in total. The zero-order valence-electron chi connectivity index (χ0n) is 12.8. The third-order valence-electron chi connectivity index (χ3n) is 4.36. The fourth-order valence-electron chi connectivity index (χ4n) is 3.13. The molecule has 0 spiro atoms. The van der Waals surface area contributed by atoms with Gasteiger partial charge in [-0.15, -0.1) is 0 Å². The Kier molecular flexibility index (Phi) is 4.89. The number of rotatable bonds is 5. The molecule has 20 heavy (non-hydrogen) atoms. The molecule has 0 aliphatic carbocycles. The van der Waals surface area contributed by atoms with Gasteiger partial charge in [-0.3, -0.25) is 4.90 Å². The van der Waals surface area contributed by atoms with Gasteiger partial charge in [0.2, 0.25) is 0 Å². The summed E-state index contributed by atoms with van der Waals surface area (Å²) in [5, 5.41) is 10.1. The van der Waals surface area contributed by atoms with Crippen molar-refractivity contribution in [2.24, 2.45) is 5.73 Å². The van der Waals surface area contributed by atoms with Gasteiger partial charge in [0.1, 0.15) is 5.75 Å². The minimum absolute atomic E-state index is 0.133. The van der Waals surface area contributed by atoms with Crippen molar-refractivity contribution in [1.29, 1.82) is 0 Å². The number of anilines is 1. The van der Waals surface area contributed by atoms with Crippen LogP contribution in [-0.2, 0) is 0 Å². The predicted octanol–water partition coefficient (Wildman–Crippen LogP) is 2.33. The van der Waals surface area contributed by atoms with Gasteiger partial charge in [-0.25, -0.2) is 0 Å². The zero-order chi connectivity index (χ0) is 14.7. The first-order valence-corrected chi connectivity index (χ1v) is 7.64. The molecular formula is C16H27N3O. The molecule has 0 bridgehead atoms. The van der Waals surface area contributed by atoms with E-state index >= 15 is 0 Å². The van der Waals surface area contributed by atoms with Crippen LogP contribution in [0.25, 0.3) is 0 Å². The Morgan fingerprint density at radius 1 is 1.40 bits per heavy atom. The number of hydrogen-bond acceptors (Lipinski definition) is 4. The largest absolute Gasteiger partial charge is 0.508 e. The molecule has 2 atom stereocenters. The molecule has 1 aliphatic rings. The summed E-state index contributed by atoms with van der Waals surface area (Å²) < 4.78 is 0. The van der Waals surface area contributed by atoms with Gasteiger partial charge in [0, 0.05) is 42.5 Å². The number of aromatic hydroxyl groups is 1. The molecule has 1 aromatic rings. The fraction of sp³-hybridized carbons (Fsp3) is 0.625. The normalized spacial score (nSPS) is 20.6. The number of benzene rings is 1. The van der Waals surface area contributed by atoms with Crippen LogP contribution in [0.3, 0.4) is 0 Å². The summed E-state index contributed by atoms with van der Waals surface area (Å²) in [6, 6.07) is 6.36. The molecule has 0 radical (unpaired) electrons. The van der Waals surface area contributed by atoms with E-state index in [1.807, 2.05) is 19.1 Å². The number of phenols is 1. The Bertz CT molecular complexity index is 443. The van der Waals surface area contributed by atoms with E-state index in [1.54, 1.807) is 0 Å². The second kappa shape index (κ2) is 6.46. The minimum Gasteiger partial charge on any atom is -0.508 e. The van der Waals surface area contributed by atoms with Gasteiger partial charge in [-0.2, -0.15) is 0 Å². The van der Waals surface area contributed by atoms with Crippen LogP contribution < -0.4 is 10.6 Å². The lowest BCUT2D eigenvalue weighted by atomic mass is 10.1. The Morgan fingerprint density at radius 3 is 2.65 bits per heavy atom. The summed E-state index contributed by atoms with van der Waals surface area (Å²) in [5.41, 5.74) is 7.75. The molecule has 1 aromatic carbocycles. The summed E-state index contributed by atoms with van der Waals surface area (Å²) in [4.78, 5) is 4.86. The van der Waals surface area contributed by atoms with E-state index in [0.717, 1.165) is 37.4 Å². The van der Waals surface area contributed by atoms with Crippen LogP contribution in [0, 0.1) is 0 Å². The molecule has 4 heteroatoms. The highest BCUT2D eigenvalue weighted by molar-refractivity contribution is 5.54. The highest BCUT2D eigenvalue weighted by Gasteiger charge is 2.26. The van der Waals surface area contributed by atoms with E-state index in [0.29, 0.717) is 11.8 Å². The fourth-order valence-corrected chi connectivity index (χ4v) is 3.13. The maximum Gasteiger partial charge on any atom is 0.122 e. The summed E-state index contributed by atoms with van der Waals surface area (Å²) in [6.07, 6.45) is 1.19. The SMILES string of the molecule is CCN(CC)C1CCN(c2ccc(C(C)N)c(O)c2)C1. The van der Waals surface area contributed by atoms with Gasteiger partial charge in [-0.05, 0) is 32.5 Å². The molecule has 2 rings (SSSR count). The first kappa shape index (κ1) is 15.1. The van der Waals surface area contributed by atoms with Crippen molar-refractivity contribution in [3.05, 3.63) is 23.8 Å². The lowest BCUT2D eigenvalue weighted by molar-refractivity contribution is 0.232. The van der Waals surface area contributed by atoms with Gasteiger partial charge in [0.25, 0.3) is 0 Å². The van der Waals surface area contributed by atoms with Crippen LogP contribution in [0.4, 0.5) is 5.69 Å². The average Bonchev–Trinajstić information content (AvgIpc) is 2.89. The molecule has 2 unspecified atom stereocenters. The molecule has 0 aromatic heterocycles. The molecule has 0 saturated carbocycles. The number of nitrogens with zero attached hydrogens (tertiary/aromatic N) is 2. The third-order valence-corrected chi connectivity index (χ3v) is 4.36. The van der Waals surface area contributed by atoms with Crippen molar-refractivity contribution in [3.8, 4) is 5.75 Å². The smallest absolute Gasteiger partial charge is 0.122 e. The van der Waals surface area contributed by atoms with Crippen molar-refractivity contribution in [3.63, 3.8) is 0 Å². The molecule has 1 saturated heterocycles. The first-order chi connectivity index (χ1) is 9.56. The first-order valence-electron chi connectivity index (χ1n) is 7.64. The van der Waals surface area contributed by atoms with Crippen molar-refractivity contribution in [2.75, 3.05) is 31.1 Å². The number of nitrogens with two attached hydrogens (primary N) is 1. The highest BCUT2D eigenvalue weighted by Crippen LogP contribution is 2.30. The third kappa shape index (κ3) is 3.07. The zero-order valence-corrected chi connectivity index (χ0v) is 12.8. The van der Waals surface area contributed by atoms with E-state index in [9.17, 15) is 5.11 Å². The van der Waals surface area contributed by atoms with Crippen molar-refractivity contribution < 1.29 is 5.11 Å². The monoisotopic (exact) mass is 277 g/mol. The minimum atomic E-state index is -0.133. The van der Waals surface area contributed by atoms with Crippen LogP contribution in [-0.4, -0.2) is 42.2 Å². The van der Waals surface area contributed by atoms with Crippen LogP contribution in [0.5, 0.6) is 5.75 Å². The van der Waals surface area contributed by atoms with Crippen molar-refractivity contribution >= 4 is 5.69 Å². The standard InChI is InChI=1S/C16H27N3O/c1-4-18(5-2)14-8-9-19(11-14)13-6-7-15(12(3)17)16(20)10-13/h6-7,10,12,14,20H,4-5,8-9,11,17H2,1-3H3. The van der Waals surface area contributed by atoms with Crippen LogP contribution in [0.1, 0.15) is 38.8 Å².